The molecule has 1 rings (SSSR count). The topological polar surface area (TPSA) is 9.23 Å². The molecule has 0 N–H and O–H groups in total. The predicted octanol–water partition coefficient (Wildman–Crippen LogP) is 3.78. The number of benzene rings is 1. The highest BCUT2D eigenvalue weighted by Gasteiger charge is 1.95. The fraction of sp³-hybridized carbons (Fsp3) is 0.412. The van der Waals surface area contributed by atoms with Crippen LogP contribution in [0.15, 0.2) is 36.4 Å². The van der Waals surface area contributed by atoms with Crippen molar-refractivity contribution in [3.05, 3.63) is 47.5 Å². The molecule has 1 aromatic carbocycles. The van der Waals surface area contributed by atoms with Gasteiger partial charge in [0.15, 0.2) is 0 Å². The van der Waals surface area contributed by atoms with Crippen LogP contribution in [0.4, 0.5) is 0 Å². The monoisotopic (exact) mass is 242 g/mol. The second-order valence-corrected chi connectivity index (χ2v) is 4.21. The summed E-state index contributed by atoms with van der Waals surface area (Å²) in [7, 11) is 1.72. The van der Waals surface area contributed by atoms with Crippen LogP contribution in [0.25, 0.3) is 0 Å². The SMILES string of the molecule is CC#CCCc1cccc(CC/C=C/COC)c1. The summed E-state index contributed by atoms with van der Waals surface area (Å²) >= 11 is 0. The highest BCUT2D eigenvalue weighted by Crippen LogP contribution is 2.09. The summed E-state index contributed by atoms with van der Waals surface area (Å²) in [6.07, 6.45) is 8.41. The molecule has 1 nitrogen and oxygen atoms in total. The second-order valence-electron chi connectivity index (χ2n) is 4.21. The van der Waals surface area contributed by atoms with E-state index in [1.165, 1.54) is 11.1 Å². The molecule has 0 aliphatic heterocycles. The zero-order chi connectivity index (χ0) is 13.1. The molecular weight excluding hydrogens is 220 g/mol. The Labute approximate surface area is 111 Å². The van der Waals surface area contributed by atoms with Gasteiger partial charge in [0.1, 0.15) is 0 Å². The third-order valence-electron chi connectivity index (χ3n) is 2.74. The first kappa shape index (κ1) is 14.5. The molecule has 0 unspecified atom stereocenters. The molecule has 0 amide bonds. The fourth-order valence-corrected chi connectivity index (χ4v) is 1.80. The molecular formula is C17H22O. The van der Waals surface area contributed by atoms with E-state index >= 15 is 0 Å². The quantitative estimate of drug-likeness (QED) is 0.522. The largest absolute Gasteiger partial charge is 0.381 e. The van der Waals surface area contributed by atoms with Gasteiger partial charge in [0.05, 0.1) is 6.61 Å². The van der Waals surface area contributed by atoms with Crippen molar-refractivity contribution in [2.24, 2.45) is 0 Å². The van der Waals surface area contributed by atoms with Gasteiger partial charge >= 0.3 is 0 Å². The van der Waals surface area contributed by atoms with Gasteiger partial charge in [-0.15, -0.1) is 11.8 Å². The molecule has 0 atom stereocenters. The standard InChI is InChI=1S/C17H22O/c1-3-4-6-10-16-12-9-13-17(15-16)11-7-5-8-14-18-2/h5,8-9,12-13,15H,6-7,10-11,14H2,1-2H3/b8-5+. The average molecular weight is 242 g/mol. The lowest BCUT2D eigenvalue weighted by Crippen LogP contribution is -1.89. The highest BCUT2D eigenvalue weighted by molar-refractivity contribution is 5.24. The van der Waals surface area contributed by atoms with Gasteiger partial charge in [-0.1, -0.05) is 36.4 Å². The van der Waals surface area contributed by atoms with Crippen LogP contribution in [0, 0.1) is 11.8 Å². The molecule has 0 heterocycles. The molecule has 18 heavy (non-hydrogen) atoms. The van der Waals surface area contributed by atoms with Crippen LogP contribution in [0.2, 0.25) is 0 Å². The Morgan fingerprint density at radius 2 is 1.94 bits per heavy atom. The van der Waals surface area contributed by atoms with Crippen molar-refractivity contribution >= 4 is 0 Å². The Morgan fingerprint density at radius 3 is 2.67 bits per heavy atom. The molecule has 0 saturated heterocycles. The molecule has 0 saturated carbocycles. The average Bonchev–Trinajstić information content (AvgIpc) is 2.39. The van der Waals surface area contributed by atoms with E-state index in [2.05, 4.69) is 48.3 Å². The minimum absolute atomic E-state index is 0.704. The summed E-state index contributed by atoms with van der Waals surface area (Å²) in [4.78, 5) is 0. The Morgan fingerprint density at radius 1 is 1.17 bits per heavy atom. The van der Waals surface area contributed by atoms with E-state index in [0.29, 0.717) is 6.61 Å². The zero-order valence-corrected chi connectivity index (χ0v) is 11.4. The number of aryl methyl sites for hydroxylation is 2. The Balaban J connectivity index is 2.40. The number of hydrogen-bond donors (Lipinski definition) is 0. The maximum atomic E-state index is 4.97. The van der Waals surface area contributed by atoms with Crippen LogP contribution in [0.3, 0.4) is 0 Å². The highest BCUT2D eigenvalue weighted by atomic mass is 16.5. The summed E-state index contributed by atoms with van der Waals surface area (Å²) in [5.74, 6) is 6.04. The van der Waals surface area contributed by atoms with Gasteiger partial charge in [-0.25, -0.2) is 0 Å². The molecule has 0 aromatic heterocycles. The lowest BCUT2D eigenvalue weighted by molar-refractivity contribution is 0.233. The Hall–Kier alpha value is -1.52. The zero-order valence-electron chi connectivity index (χ0n) is 11.4. The predicted molar refractivity (Wildman–Crippen MR) is 77.6 cm³/mol. The van der Waals surface area contributed by atoms with E-state index in [-0.39, 0.29) is 0 Å². The first-order chi connectivity index (χ1) is 8.86. The maximum absolute atomic E-state index is 4.97. The van der Waals surface area contributed by atoms with Crippen molar-refractivity contribution in [1.29, 1.82) is 0 Å². The molecule has 96 valence electrons. The van der Waals surface area contributed by atoms with Gasteiger partial charge in [-0.3, -0.25) is 0 Å². The molecule has 1 heteroatoms. The number of hydrogen-bond acceptors (Lipinski definition) is 1. The van der Waals surface area contributed by atoms with E-state index in [9.17, 15) is 0 Å². The summed E-state index contributed by atoms with van der Waals surface area (Å²) < 4.78 is 4.97. The first-order valence-electron chi connectivity index (χ1n) is 6.48. The van der Waals surface area contributed by atoms with Gasteiger partial charge < -0.3 is 4.74 Å². The lowest BCUT2D eigenvalue weighted by atomic mass is 10.0. The Bertz CT molecular complexity index is 421. The molecule has 0 bridgehead atoms. The fourth-order valence-electron chi connectivity index (χ4n) is 1.80. The van der Waals surface area contributed by atoms with Gasteiger partial charge in [0.25, 0.3) is 0 Å². The van der Waals surface area contributed by atoms with Crippen LogP contribution < -0.4 is 0 Å². The van der Waals surface area contributed by atoms with Gasteiger partial charge in [-0.05, 0) is 37.3 Å². The summed E-state index contributed by atoms with van der Waals surface area (Å²) in [6.45, 7) is 2.60. The van der Waals surface area contributed by atoms with Crippen molar-refractivity contribution < 1.29 is 4.74 Å². The number of ether oxygens (including phenoxy) is 1. The van der Waals surface area contributed by atoms with Crippen molar-refractivity contribution in [2.45, 2.75) is 32.6 Å². The molecule has 0 aliphatic rings. The number of methoxy groups -OCH3 is 1. The van der Waals surface area contributed by atoms with Crippen molar-refractivity contribution in [3.8, 4) is 11.8 Å². The maximum Gasteiger partial charge on any atom is 0.0643 e. The second kappa shape index (κ2) is 9.50. The van der Waals surface area contributed by atoms with E-state index in [1.807, 2.05) is 6.92 Å². The van der Waals surface area contributed by atoms with E-state index < -0.39 is 0 Å². The van der Waals surface area contributed by atoms with Crippen LogP contribution in [-0.2, 0) is 17.6 Å². The molecule has 0 spiro atoms. The molecule has 1 aromatic rings. The van der Waals surface area contributed by atoms with Gasteiger partial charge in [0.2, 0.25) is 0 Å². The Kier molecular flexibility index (Phi) is 7.68. The minimum atomic E-state index is 0.704. The van der Waals surface area contributed by atoms with Gasteiger partial charge in [-0.2, -0.15) is 0 Å². The van der Waals surface area contributed by atoms with Gasteiger partial charge in [0, 0.05) is 13.5 Å². The van der Waals surface area contributed by atoms with Crippen molar-refractivity contribution in [3.63, 3.8) is 0 Å². The smallest absolute Gasteiger partial charge is 0.0643 e. The van der Waals surface area contributed by atoms with E-state index in [1.54, 1.807) is 7.11 Å². The normalized spacial score (nSPS) is 10.3. The molecule has 0 fully saturated rings. The number of rotatable bonds is 7. The van der Waals surface area contributed by atoms with Crippen LogP contribution >= 0.6 is 0 Å². The summed E-state index contributed by atoms with van der Waals surface area (Å²) in [5, 5.41) is 0. The van der Waals surface area contributed by atoms with Crippen LogP contribution in [0.1, 0.15) is 30.9 Å². The van der Waals surface area contributed by atoms with Crippen molar-refractivity contribution in [1.82, 2.24) is 0 Å². The van der Waals surface area contributed by atoms with Crippen LogP contribution in [-0.4, -0.2) is 13.7 Å². The minimum Gasteiger partial charge on any atom is -0.381 e. The number of allylic oxidation sites excluding steroid dienone is 1. The van der Waals surface area contributed by atoms with Crippen molar-refractivity contribution in [2.75, 3.05) is 13.7 Å². The van der Waals surface area contributed by atoms with Crippen LogP contribution in [0.5, 0.6) is 0 Å². The third kappa shape index (κ3) is 6.27. The lowest BCUT2D eigenvalue weighted by Gasteiger charge is -2.02. The summed E-state index contributed by atoms with van der Waals surface area (Å²) in [5.41, 5.74) is 2.79. The summed E-state index contributed by atoms with van der Waals surface area (Å²) in [6, 6.07) is 8.81. The first-order valence-corrected chi connectivity index (χ1v) is 6.48. The molecule has 0 radical (unpaired) electrons. The third-order valence-corrected chi connectivity index (χ3v) is 2.74. The molecule has 0 aliphatic carbocycles. The van der Waals surface area contributed by atoms with E-state index in [4.69, 9.17) is 4.74 Å². The van der Waals surface area contributed by atoms with E-state index in [0.717, 1.165) is 25.7 Å².